The minimum absolute atomic E-state index is 0.260. The molecular weight excluding hydrogens is 195 g/mol. The fraction of sp³-hybridized carbons (Fsp3) is 0.917. The number of hydrogen-bond acceptors (Lipinski definition) is 2. The van der Waals surface area contributed by atoms with Crippen LogP contribution in [0.2, 0.25) is 0 Å². The van der Waals surface area contributed by atoms with Crippen LogP contribution < -0.4 is 0 Å². The van der Waals surface area contributed by atoms with Gasteiger partial charge in [0.25, 0.3) is 0 Å². The molecule has 0 amide bonds. The van der Waals surface area contributed by atoms with E-state index in [2.05, 4.69) is 11.7 Å². The van der Waals surface area contributed by atoms with E-state index < -0.39 is 12.1 Å². The topological polar surface area (TPSA) is 26.3 Å². The third-order valence-electron chi connectivity index (χ3n) is 2.35. The highest BCUT2D eigenvalue weighted by atomic mass is 19.1. The molecule has 0 aromatic heterocycles. The van der Waals surface area contributed by atoms with Crippen LogP contribution in [0.15, 0.2) is 0 Å². The van der Waals surface area contributed by atoms with Crippen molar-refractivity contribution in [3.8, 4) is 0 Å². The Labute approximate surface area is 92.2 Å². The van der Waals surface area contributed by atoms with Crippen LogP contribution in [0.25, 0.3) is 0 Å². The molecule has 0 aromatic rings. The van der Waals surface area contributed by atoms with Gasteiger partial charge in [-0.2, -0.15) is 0 Å². The molecule has 0 rings (SSSR count). The van der Waals surface area contributed by atoms with Crippen LogP contribution >= 0.6 is 0 Å². The molecule has 90 valence electrons. The summed E-state index contributed by atoms with van der Waals surface area (Å²) < 4.78 is 17.7. The van der Waals surface area contributed by atoms with Crippen LogP contribution in [-0.4, -0.2) is 18.7 Å². The van der Waals surface area contributed by atoms with Gasteiger partial charge < -0.3 is 4.74 Å². The van der Waals surface area contributed by atoms with E-state index in [-0.39, 0.29) is 6.61 Å². The molecule has 0 spiro atoms. The molecule has 15 heavy (non-hydrogen) atoms. The second-order valence-corrected chi connectivity index (χ2v) is 3.78. The zero-order chi connectivity index (χ0) is 11.5. The lowest BCUT2D eigenvalue weighted by Crippen LogP contribution is -2.18. The van der Waals surface area contributed by atoms with Crippen LogP contribution in [0.1, 0.15) is 58.8 Å². The molecule has 2 nitrogen and oxygen atoms in total. The Hall–Kier alpha value is -0.600. The monoisotopic (exact) mass is 218 g/mol. The van der Waals surface area contributed by atoms with Crippen molar-refractivity contribution in [2.45, 2.75) is 65.0 Å². The second kappa shape index (κ2) is 9.94. The van der Waals surface area contributed by atoms with Gasteiger partial charge >= 0.3 is 5.97 Å². The standard InChI is InChI=1S/C12H23FO2/c1-3-5-6-7-8-9-10-11(13)12(14)15-4-2/h11H,3-10H2,1-2H3. The predicted octanol–water partition coefficient (Wildman–Crippen LogP) is 3.64. The predicted molar refractivity (Wildman–Crippen MR) is 59.5 cm³/mol. The van der Waals surface area contributed by atoms with Crippen molar-refractivity contribution >= 4 is 5.97 Å². The number of alkyl halides is 1. The van der Waals surface area contributed by atoms with Gasteiger partial charge in [0.2, 0.25) is 0 Å². The Balaban J connectivity index is 3.30. The molecule has 0 radical (unpaired) electrons. The summed E-state index contributed by atoms with van der Waals surface area (Å²) in [6, 6.07) is 0. The van der Waals surface area contributed by atoms with E-state index in [0.717, 1.165) is 19.3 Å². The van der Waals surface area contributed by atoms with Crippen molar-refractivity contribution < 1.29 is 13.9 Å². The molecule has 0 aromatic carbocycles. The summed E-state index contributed by atoms with van der Waals surface area (Å²) in [6.45, 7) is 4.11. The first-order chi connectivity index (χ1) is 7.22. The van der Waals surface area contributed by atoms with E-state index in [1.165, 1.54) is 19.3 Å². The molecule has 0 aliphatic carbocycles. The van der Waals surface area contributed by atoms with Gasteiger partial charge in [0.1, 0.15) is 0 Å². The highest BCUT2D eigenvalue weighted by Gasteiger charge is 2.17. The van der Waals surface area contributed by atoms with Crippen LogP contribution in [-0.2, 0) is 9.53 Å². The molecule has 1 unspecified atom stereocenters. The molecule has 0 aliphatic rings. The van der Waals surface area contributed by atoms with Crippen molar-refractivity contribution in [1.82, 2.24) is 0 Å². The number of ether oxygens (including phenoxy) is 1. The number of carbonyl (C=O) groups is 1. The number of hydrogen-bond donors (Lipinski definition) is 0. The first-order valence-electron chi connectivity index (χ1n) is 6.03. The van der Waals surface area contributed by atoms with Crippen molar-refractivity contribution in [3.63, 3.8) is 0 Å². The average Bonchev–Trinajstić information content (AvgIpc) is 2.23. The number of rotatable bonds is 9. The third-order valence-corrected chi connectivity index (χ3v) is 2.35. The van der Waals surface area contributed by atoms with Crippen LogP contribution in [0.5, 0.6) is 0 Å². The van der Waals surface area contributed by atoms with E-state index in [1.54, 1.807) is 6.92 Å². The maximum atomic E-state index is 13.1. The Kier molecular flexibility index (Phi) is 9.54. The summed E-state index contributed by atoms with van der Waals surface area (Å²) in [5.41, 5.74) is 0. The molecular formula is C12H23FO2. The average molecular weight is 218 g/mol. The SMILES string of the molecule is CCCCCCCCC(F)C(=O)OCC. The number of carbonyl (C=O) groups excluding carboxylic acids is 1. The zero-order valence-corrected chi connectivity index (χ0v) is 9.93. The van der Waals surface area contributed by atoms with E-state index in [4.69, 9.17) is 0 Å². The summed E-state index contributed by atoms with van der Waals surface area (Å²) >= 11 is 0. The van der Waals surface area contributed by atoms with Gasteiger partial charge in [0.15, 0.2) is 6.17 Å². The van der Waals surface area contributed by atoms with Gasteiger partial charge in [-0.1, -0.05) is 39.0 Å². The van der Waals surface area contributed by atoms with Gasteiger partial charge in [-0.25, -0.2) is 9.18 Å². The highest BCUT2D eigenvalue weighted by Crippen LogP contribution is 2.11. The first-order valence-corrected chi connectivity index (χ1v) is 6.03. The van der Waals surface area contributed by atoms with Gasteiger partial charge in [0.05, 0.1) is 6.61 Å². The van der Waals surface area contributed by atoms with Crippen LogP contribution in [0.4, 0.5) is 4.39 Å². The number of halogens is 1. The molecule has 0 saturated heterocycles. The van der Waals surface area contributed by atoms with Crippen LogP contribution in [0, 0.1) is 0 Å². The first kappa shape index (κ1) is 14.4. The van der Waals surface area contributed by atoms with Gasteiger partial charge in [0, 0.05) is 0 Å². The van der Waals surface area contributed by atoms with Gasteiger partial charge in [-0.15, -0.1) is 0 Å². The summed E-state index contributed by atoms with van der Waals surface area (Å²) in [5.74, 6) is -0.703. The van der Waals surface area contributed by atoms with E-state index in [9.17, 15) is 9.18 Å². The quantitative estimate of drug-likeness (QED) is 0.436. The smallest absolute Gasteiger partial charge is 0.340 e. The summed E-state index contributed by atoms with van der Waals surface area (Å²) in [5, 5.41) is 0. The Bertz CT molecular complexity index is 160. The molecule has 0 saturated carbocycles. The Morgan fingerprint density at radius 3 is 2.33 bits per heavy atom. The number of esters is 1. The van der Waals surface area contributed by atoms with Crippen molar-refractivity contribution in [2.75, 3.05) is 6.61 Å². The van der Waals surface area contributed by atoms with Gasteiger partial charge in [-0.05, 0) is 19.8 Å². The molecule has 0 N–H and O–H groups in total. The fourth-order valence-electron chi connectivity index (χ4n) is 1.45. The fourth-order valence-corrected chi connectivity index (χ4v) is 1.45. The highest BCUT2D eigenvalue weighted by molar-refractivity contribution is 5.74. The molecule has 0 aliphatic heterocycles. The molecule has 0 fully saturated rings. The largest absolute Gasteiger partial charge is 0.464 e. The Morgan fingerprint density at radius 2 is 1.73 bits per heavy atom. The molecule has 3 heteroatoms. The lowest BCUT2D eigenvalue weighted by Gasteiger charge is -2.06. The van der Waals surface area contributed by atoms with E-state index in [1.807, 2.05) is 0 Å². The summed E-state index contributed by atoms with van der Waals surface area (Å²) in [6.07, 6.45) is 5.51. The lowest BCUT2D eigenvalue weighted by molar-refractivity contribution is -0.149. The normalized spacial score (nSPS) is 12.5. The van der Waals surface area contributed by atoms with Crippen molar-refractivity contribution in [2.24, 2.45) is 0 Å². The molecule has 1 atom stereocenters. The molecule has 0 heterocycles. The van der Waals surface area contributed by atoms with Crippen molar-refractivity contribution in [3.05, 3.63) is 0 Å². The van der Waals surface area contributed by atoms with Gasteiger partial charge in [-0.3, -0.25) is 0 Å². The summed E-state index contributed by atoms with van der Waals surface area (Å²) in [4.78, 5) is 10.9. The minimum atomic E-state index is -1.42. The Morgan fingerprint density at radius 1 is 1.13 bits per heavy atom. The minimum Gasteiger partial charge on any atom is -0.464 e. The van der Waals surface area contributed by atoms with E-state index in [0.29, 0.717) is 6.42 Å². The maximum Gasteiger partial charge on any atom is 0.340 e. The van der Waals surface area contributed by atoms with E-state index >= 15 is 0 Å². The lowest BCUT2D eigenvalue weighted by atomic mass is 10.1. The van der Waals surface area contributed by atoms with Crippen molar-refractivity contribution in [1.29, 1.82) is 0 Å². The maximum absolute atomic E-state index is 13.1. The number of unbranched alkanes of at least 4 members (excludes halogenated alkanes) is 5. The summed E-state index contributed by atoms with van der Waals surface area (Å²) in [7, 11) is 0. The third kappa shape index (κ3) is 8.40. The molecule has 0 bridgehead atoms. The van der Waals surface area contributed by atoms with Crippen LogP contribution in [0.3, 0.4) is 0 Å². The second-order valence-electron chi connectivity index (χ2n) is 3.78. The zero-order valence-electron chi connectivity index (χ0n) is 9.93.